The van der Waals surface area contributed by atoms with Crippen LogP contribution in [0.5, 0.6) is 0 Å². The van der Waals surface area contributed by atoms with Crippen LogP contribution in [0.4, 0.5) is 0 Å². The third-order valence-corrected chi connectivity index (χ3v) is 5.79. The SMILES string of the molecule is CN(C)CCN(C)[C@H]1C2=C(CCCC2)OC(=O)[C@]1(Cl)c1ccccc1. The molecule has 136 valence electrons. The van der Waals surface area contributed by atoms with Crippen LogP contribution < -0.4 is 0 Å². The number of rotatable bonds is 5. The first-order valence-corrected chi connectivity index (χ1v) is 9.36. The minimum atomic E-state index is -1.20. The molecule has 0 bridgehead atoms. The molecule has 4 nitrogen and oxygen atoms in total. The molecule has 1 aromatic carbocycles. The van der Waals surface area contributed by atoms with Gasteiger partial charge in [-0.25, -0.2) is 4.79 Å². The fourth-order valence-corrected chi connectivity index (χ4v) is 4.32. The number of esters is 1. The van der Waals surface area contributed by atoms with Crippen LogP contribution in [0.1, 0.15) is 31.2 Å². The van der Waals surface area contributed by atoms with Gasteiger partial charge in [0.1, 0.15) is 5.76 Å². The van der Waals surface area contributed by atoms with E-state index in [1.165, 1.54) is 5.57 Å². The van der Waals surface area contributed by atoms with Crippen molar-refractivity contribution in [1.82, 2.24) is 9.80 Å². The molecule has 3 rings (SSSR count). The Bertz CT molecular complexity index is 659. The van der Waals surface area contributed by atoms with E-state index in [9.17, 15) is 4.79 Å². The number of allylic oxidation sites excluding steroid dienone is 1. The topological polar surface area (TPSA) is 32.8 Å². The number of hydrogen-bond donors (Lipinski definition) is 0. The summed E-state index contributed by atoms with van der Waals surface area (Å²) in [4.78, 5) is 16.2. The monoisotopic (exact) mass is 362 g/mol. The average molecular weight is 363 g/mol. The van der Waals surface area contributed by atoms with Crippen molar-refractivity contribution in [2.75, 3.05) is 34.2 Å². The van der Waals surface area contributed by atoms with Crippen LogP contribution in [0, 0.1) is 0 Å². The predicted molar refractivity (Wildman–Crippen MR) is 101 cm³/mol. The zero-order chi connectivity index (χ0) is 18.0. The van der Waals surface area contributed by atoms with Crippen LogP contribution in [0.2, 0.25) is 0 Å². The molecule has 0 unspecified atom stereocenters. The molecule has 5 heteroatoms. The van der Waals surface area contributed by atoms with Gasteiger partial charge in [-0.15, -0.1) is 0 Å². The van der Waals surface area contributed by atoms with Crippen molar-refractivity contribution in [3.8, 4) is 0 Å². The van der Waals surface area contributed by atoms with Gasteiger partial charge in [0.2, 0.25) is 0 Å². The minimum absolute atomic E-state index is 0.173. The summed E-state index contributed by atoms with van der Waals surface area (Å²) in [7, 11) is 6.17. The molecule has 0 saturated carbocycles. The number of benzene rings is 1. The predicted octanol–water partition coefficient (Wildman–Crippen LogP) is 3.37. The lowest BCUT2D eigenvalue weighted by atomic mass is 9.78. The van der Waals surface area contributed by atoms with Crippen LogP contribution >= 0.6 is 11.6 Å². The number of carbonyl (C=O) groups excluding carboxylic acids is 1. The normalized spacial score (nSPS) is 26.8. The molecule has 1 aliphatic carbocycles. The van der Waals surface area contributed by atoms with Crippen molar-refractivity contribution in [3.63, 3.8) is 0 Å². The fourth-order valence-electron chi connectivity index (χ4n) is 3.86. The summed E-state index contributed by atoms with van der Waals surface area (Å²) >= 11 is 7.08. The summed E-state index contributed by atoms with van der Waals surface area (Å²) in [6, 6.07) is 9.47. The van der Waals surface area contributed by atoms with E-state index >= 15 is 0 Å². The van der Waals surface area contributed by atoms with E-state index in [4.69, 9.17) is 16.3 Å². The van der Waals surface area contributed by atoms with E-state index in [1.807, 2.05) is 30.3 Å². The summed E-state index contributed by atoms with van der Waals surface area (Å²) in [6.07, 6.45) is 3.97. The Labute approximate surface area is 155 Å². The summed E-state index contributed by atoms with van der Waals surface area (Å²) in [5.74, 6) is 0.507. The maximum Gasteiger partial charge on any atom is 0.338 e. The van der Waals surface area contributed by atoms with Crippen molar-refractivity contribution in [2.24, 2.45) is 0 Å². The van der Waals surface area contributed by atoms with Crippen LogP contribution in [0.15, 0.2) is 41.7 Å². The van der Waals surface area contributed by atoms with E-state index in [0.29, 0.717) is 0 Å². The van der Waals surface area contributed by atoms with Gasteiger partial charge < -0.3 is 9.64 Å². The zero-order valence-electron chi connectivity index (χ0n) is 15.3. The molecule has 0 spiro atoms. The highest BCUT2D eigenvalue weighted by atomic mass is 35.5. The zero-order valence-corrected chi connectivity index (χ0v) is 16.1. The second-order valence-corrected chi connectivity index (χ2v) is 7.91. The maximum atomic E-state index is 13.0. The van der Waals surface area contributed by atoms with E-state index in [1.54, 1.807) is 0 Å². The molecule has 1 heterocycles. The molecule has 0 aromatic heterocycles. The molecular weight excluding hydrogens is 336 g/mol. The maximum absolute atomic E-state index is 13.0. The number of ether oxygens (including phenoxy) is 1. The molecule has 2 atom stereocenters. The van der Waals surface area contributed by atoms with Crippen LogP contribution in [0.3, 0.4) is 0 Å². The van der Waals surface area contributed by atoms with Gasteiger partial charge in [0.25, 0.3) is 0 Å². The van der Waals surface area contributed by atoms with E-state index in [2.05, 4.69) is 30.9 Å². The van der Waals surface area contributed by atoms with Gasteiger partial charge in [0.15, 0.2) is 4.87 Å². The fraction of sp³-hybridized carbons (Fsp3) is 0.550. The van der Waals surface area contributed by atoms with Crippen molar-refractivity contribution in [1.29, 1.82) is 0 Å². The molecule has 25 heavy (non-hydrogen) atoms. The Morgan fingerprint density at radius 2 is 1.80 bits per heavy atom. The highest BCUT2D eigenvalue weighted by Crippen LogP contribution is 2.47. The molecule has 1 aromatic rings. The largest absolute Gasteiger partial charge is 0.429 e. The third kappa shape index (κ3) is 3.48. The third-order valence-electron chi connectivity index (χ3n) is 5.21. The molecule has 0 saturated heterocycles. The molecular formula is C20H27ClN2O2. The van der Waals surface area contributed by atoms with E-state index < -0.39 is 4.87 Å². The number of halogens is 1. The summed E-state index contributed by atoms with van der Waals surface area (Å²) < 4.78 is 5.74. The molecule has 0 amide bonds. The van der Waals surface area contributed by atoms with Gasteiger partial charge in [0.05, 0.1) is 6.04 Å². The number of nitrogens with zero attached hydrogens (tertiary/aromatic N) is 2. The van der Waals surface area contributed by atoms with Gasteiger partial charge >= 0.3 is 5.97 Å². The lowest BCUT2D eigenvalue weighted by Gasteiger charge is -2.45. The van der Waals surface area contributed by atoms with Crippen molar-refractivity contribution < 1.29 is 9.53 Å². The first kappa shape index (κ1) is 18.4. The standard InChI is InChI=1S/C20H27ClN2O2/c1-22(2)13-14-23(3)18-16-11-7-8-12-17(16)25-19(24)20(18,21)15-9-5-4-6-10-15/h4-6,9-10,18H,7-8,11-14H2,1-3H3/t18-,20-/m0/s1. The van der Waals surface area contributed by atoms with E-state index in [0.717, 1.165) is 50.1 Å². The Balaban J connectivity index is 2.05. The number of alkyl halides is 1. The van der Waals surface area contributed by atoms with E-state index in [-0.39, 0.29) is 12.0 Å². The second-order valence-electron chi connectivity index (χ2n) is 7.31. The summed E-state index contributed by atoms with van der Waals surface area (Å²) in [5, 5.41) is 0. The van der Waals surface area contributed by atoms with Gasteiger partial charge in [-0.3, -0.25) is 4.90 Å². The highest BCUT2D eigenvalue weighted by Gasteiger charge is 2.54. The average Bonchev–Trinajstić information content (AvgIpc) is 2.61. The van der Waals surface area contributed by atoms with Gasteiger partial charge in [-0.05, 0) is 51.5 Å². The first-order chi connectivity index (χ1) is 11.9. The summed E-state index contributed by atoms with van der Waals surface area (Å²) in [6.45, 7) is 1.75. The number of hydrogen-bond acceptors (Lipinski definition) is 4. The Morgan fingerprint density at radius 3 is 2.48 bits per heavy atom. The molecule has 0 N–H and O–H groups in total. The Hall–Kier alpha value is -1.36. The first-order valence-electron chi connectivity index (χ1n) is 8.98. The van der Waals surface area contributed by atoms with Gasteiger partial charge in [-0.1, -0.05) is 41.9 Å². The minimum Gasteiger partial charge on any atom is -0.429 e. The van der Waals surface area contributed by atoms with Crippen LogP contribution in [-0.2, 0) is 14.4 Å². The molecule has 0 fully saturated rings. The van der Waals surface area contributed by atoms with Crippen molar-refractivity contribution in [3.05, 3.63) is 47.2 Å². The van der Waals surface area contributed by atoms with Gasteiger partial charge in [0, 0.05) is 19.5 Å². The smallest absolute Gasteiger partial charge is 0.338 e. The molecule has 0 radical (unpaired) electrons. The molecule has 1 aliphatic heterocycles. The molecule has 2 aliphatic rings. The Morgan fingerprint density at radius 1 is 1.12 bits per heavy atom. The number of carbonyl (C=O) groups is 1. The van der Waals surface area contributed by atoms with Crippen LogP contribution in [0.25, 0.3) is 0 Å². The van der Waals surface area contributed by atoms with Gasteiger partial charge in [-0.2, -0.15) is 0 Å². The summed E-state index contributed by atoms with van der Waals surface area (Å²) in [5.41, 5.74) is 2.01. The quantitative estimate of drug-likeness (QED) is 0.594. The van der Waals surface area contributed by atoms with Crippen molar-refractivity contribution in [2.45, 2.75) is 36.6 Å². The lowest BCUT2D eigenvalue weighted by Crippen LogP contribution is -2.56. The Kier molecular flexibility index (Phi) is 5.52. The lowest BCUT2D eigenvalue weighted by molar-refractivity contribution is -0.147. The number of likely N-dealkylation sites (N-methyl/N-ethyl adjacent to an activating group) is 2. The van der Waals surface area contributed by atoms with Crippen LogP contribution in [-0.4, -0.2) is 56.0 Å². The van der Waals surface area contributed by atoms with Crippen molar-refractivity contribution >= 4 is 17.6 Å². The highest BCUT2D eigenvalue weighted by molar-refractivity contribution is 6.35. The second kappa shape index (κ2) is 7.48.